The van der Waals surface area contributed by atoms with Crippen LogP contribution >= 0.6 is 0 Å². The van der Waals surface area contributed by atoms with Crippen LogP contribution in [0.4, 0.5) is 0 Å². The standard InChI is InChI=1S/C33H38O3/c1-27(2)29-18-22-32(23-19-29)36-26-12-7-5-3-4-6-11-25-35-31-20-15-28(16-21-31)17-24-33(34)30-13-9-8-10-14-30/h8-10,13-24H,1,3-7,11-12,25-26H2,2H3. The molecule has 0 atom stereocenters. The molecular weight excluding hydrogens is 444 g/mol. The van der Waals surface area contributed by atoms with Crippen molar-refractivity contribution >= 4 is 17.4 Å². The number of ketones is 1. The number of ether oxygens (including phenoxy) is 2. The number of unbranched alkanes of at least 4 members (excludes halogenated alkanes) is 6. The third kappa shape index (κ3) is 9.95. The Morgan fingerprint density at radius 1 is 0.667 bits per heavy atom. The summed E-state index contributed by atoms with van der Waals surface area (Å²) < 4.78 is 11.7. The average molecular weight is 483 g/mol. The Labute approximate surface area is 216 Å². The minimum Gasteiger partial charge on any atom is -0.494 e. The Bertz CT molecular complexity index is 1080. The third-order valence-corrected chi connectivity index (χ3v) is 6.04. The van der Waals surface area contributed by atoms with Crippen molar-refractivity contribution < 1.29 is 14.3 Å². The first kappa shape index (κ1) is 27.0. The monoisotopic (exact) mass is 482 g/mol. The highest BCUT2D eigenvalue weighted by Gasteiger charge is 2.00. The zero-order chi connectivity index (χ0) is 25.4. The van der Waals surface area contributed by atoms with Crippen molar-refractivity contribution in [3.63, 3.8) is 0 Å². The summed E-state index contributed by atoms with van der Waals surface area (Å²) >= 11 is 0. The first-order valence-electron chi connectivity index (χ1n) is 13.0. The van der Waals surface area contributed by atoms with Gasteiger partial charge in [0.2, 0.25) is 0 Å². The molecule has 0 fully saturated rings. The van der Waals surface area contributed by atoms with E-state index in [1.165, 1.54) is 32.1 Å². The van der Waals surface area contributed by atoms with Crippen LogP contribution in [0.1, 0.15) is 73.4 Å². The van der Waals surface area contributed by atoms with Gasteiger partial charge in [-0.1, -0.05) is 105 Å². The molecule has 36 heavy (non-hydrogen) atoms. The van der Waals surface area contributed by atoms with Gasteiger partial charge < -0.3 is 9.47 Å². The van der Waals surface area contributed by atoms with Gasteiger partial charge in [-0.15, -0.1) is 0 Å². The van der Waals surface area contributed by atoms with E-state index in [-0.39, 0.29) is 5.78 Å². The van der Waals surface area contributed by atoms with Gasteiger partial charge in [0, 0.05) is 5.56 Å². The molecule has 3 aromatic carbocycles. The fourth-order valence-electron chi connectivity index (χ4n) is 3.85. The van der Waals surface area contributed by atoms with Gasteiger partial charge in [0.25, 0.3) is 0 Å². The lowest BCUT2D eigenvalue weighted by atomic mass is 10.1. The van der Waals surface area contributed by atoms with Crippen molar-refractivity contribution in [3.05, 3.63) is 108 Å². The second kappa shape index (κ2) is 15.4. The van der Waals surface area contributed by atoms with Crippen LogP contribution in [-0.4, -0.2) is 19.0 Å². The summed E-state index contributed by atoms with van der Waals surface area (Å²) in [6.45, 7) is 7.48. The summed E-state index contributed by atoms with van der Waals surface area (Å²) in [7, 11) is 0. The summed E-state index contributed by atoms with van der Waals surface area (Å²) in [5.41, 5.74) is 3.91. The molecule has 0 saturated heterocycles. The Balaban J connectivity index is 1.18. The van der Waals surface area contributed by atoms with Crippen LogP contribution in [0.3, 0.4) is 0 Å². The number of hydrogen-bond donors (Lipinski definition) is 0. The first-order chi connectivity index (χ1) is 17.6. The Hall–Kier alpha value is -3.59. The van der Waals surface area contributed by atoms with E-state index in [0.29, 0.717) is 5.56 Å². The van der Waals surface area contributed by atoms with Crippen LogP contribution in [0.2, 0.25) is 0 Å². The molecule has 0 spiro atoms. The van der Waals surface area contributed by atoms with E-state index in [0.717, 1.165) is 54.3 Å². The highest BCUT2D eigenvalue weighted by molar-refractivity contribution is 6.06. The van der Waals surface area contributed by atoms with Gasteiger partial charge in [-0.25, -0.2) is 0 Å². The predicted molar refractivity (Wildman–Crippen MR) is 151 cm³/mol. The molecule has 0 bridgehead atoms. The van der Waals surface area contributed by atoms with Crippen molar-refractivity contribution in [2.45, 2.75) is 51.9 Å². The van der Waals surface area contributed by atoms with Crippen molar-refractivity contribution in [1.82, 2.24) is 0 Å². The van der Waals surface area contributed by atoms with Gasteiger partial charge in [-0.3, -0.25) is 4.79 Å². The maximum Gasteiger partial charge on any atom is 0.185 e. The number of carbonyl (C=O) groups is 1. The molecule has 0 aliphatic rings. The van der Waals surface area contributed by atoms with E-state index in [1.54, 1.807) is 6.08 Å². The molecule has 0 saturated carbocycles. The van der Waals surface area contributed by atoms with Crippen LogP contribution in [0.5, 0.6) is 11.5 Å². The number of benzene rings is 3. The zero-order valence-corrected chi connectivity index (χ0v) is 21.5. The quantitative estimate of drug-likeness (QED) is 0.116. The number of allylic oxidation sites excluding steroid dienone is 2. The maximum absolute atomic E-state index is 12.2. The average Bonchev–Trinajstić information content (AvgIpc) is 2.91. The zero-order valence-electron chi connectivity index (χ0n) is 21.5. The van der Waals surface area contributed by atoms with E-state index in [9.17, 15) is 4.79 Å². The summed E-state index contributed by atoms with van der Waals surface area (Å²) in [5.74, 6) is 1.81. The third-order valence-electron chi connectivity index (χ3n) is 6.04. The highest BCUT2D eigenvalue weighted by Crippen LogP contribution is 2.18. The van der Waals surface area contributed by atoms with Crippen molar-refractivity contribution in [1.29, 1.82) is 0 Å². The van der Waals surface area contributed by atoms with Crippen LogP contribution in [0.25, 0.3) is 11.6 Å². The lowest BCUT2D eigenvalue weighted by Crippen LogP contribution is -1.98. The van der Waals surface area contributed by atoms with E-state index in [2.05, 4.69) is 18.7 Å². The minimum atomic E-state index is 0.00839. The number of rotatable bonds is 16. The highest BCUT2D eigenvalue weighted by atomic mass is 16.5. The molecule has 0 N–H and O–H groups in total. The fraction of sp³-hybridized carbons (Fsp3) is 0.303. The fourth-order valence-corrected chi connectivity index (χ4v) is 3.85. The molecule has 0 aliphatic heterocycles. The molecule has 3 aromatic rings. The smallest absolute Gasteiger partial charge is 0.185 e. The second-order valence-corrected chi connectivity index (χ2v) is 9.11. The van der Waals surface area contributed by atoms with Gasteiger partial charge in [0.1, 0.15) is 11.5 Å². The molecule has 3 heteroatoms. The molecule has 0 radical (unpaired) electrons. The van der Waals surface area contributed by atoms with Gasteiger partial charge in [-0.2, -0.15) is 0 Å². The van der Waals surface area contributed by atoms with E-state index < -0.39 is 0 Å². The topological polar surface area (TPSA) is 35.5 Å². The van der Waals surface area contributed by atoms with Crippen LogP contribution < -0.4 is 9.47 Å². The molecule has 0 aromatic heterocycles. The lowest BCUT2D eigenvalue weighted by molar-refractivity contribution is 0.104. The maximum atomic E-state index is 12.2. The Morgan fingerprint density at radius 2 is 1.17 bits per heavy atom. The summed E-state index contributed by atoms with van der Waals surface area (Å²) in [6, 6.07) is 25.3. The minimum absolute atomic E-state index is 0.00839. The molecule has 0 unspecified atom stereocenters. The summed E-state index contributed by atoms with van der Waals surface area (Å²) in [4.78, 5) is 12.2. The van der Waals surface area contributed by atoms with Crippen LogP contribution in [0, 0.1) is 0 Å². The van der Waals surface area contributed by atoms with Crippen molar-refractivity contribution in [2.75, 3.05) is 13.2 Å². The van der Waals surface area contributed by atoms with E-state index >= 15 is 0 Å². The SMILES string of the molecule is C=C(C)c1ccc(OCCCCCCCCCOc2ccc(C=CC(=O)c3ccccc3)cc2)cc1. The molecule has 188 valence electrons. The first-order valence-corrected chi connectivity index (χ1v) is 13.0. The molecule has 3 rings (SSSR count). The van der Waals surface area contributed by atoms with Crippen molar-refractivity contribution in [2.24, 2.45) is 0 Å². The predicted octanol–water partition coefficient (Wildman–Crippen LogP) is 8.80. The number of carbonyl (C=O) groups excluding carboxylic acids is 1. The van der Waals surface area contributed by atoms with Crippen LogP contribution in [-0.2, 0) is 0 Å². The summed E-state index contributed by atoms with van der Waals surface area (Å²) in [5, 5.41) is 0. The molecule has 0 heterocycles. The van der Waals surface area contributed by atoms with Gasteiger partial charge in [-0.05, 0) is 61.2 Å². The second-order valence-electron chi connectivity index (χ2n) is 9.11. The molecule has 0 amide bonds. The van der Waals surface area contributed by atoms with Crippen molar-refractivity contribution in [3.8, 4) is 11.5 Å². The van der Waals surface area contributed by atoms with Gasteiger partial charge >= 0.3 is 0 Å². The normalized spacial score (nSPS) is 10.9. The number of hydrogen-bond acceptors (Lipinski definition) is 3. The van der Waals surface area contributed by atoms with E-state index in [1.807, 2.05) is 79.7 Å². The largest absolute Gasteiger partial charge is 0.494 e. The molecular formula is C33H38O3. The van der Waals surface area contributed by atoms with Crippen LogP contribution in [0.15, 0.2) is 91.5 Å². The molecule has 0 aliphatic carbocycles. The van der Waals surface area contributed by atoms with Gasteiger partial charge in [0.15, 0.2) is 5.78 Å². The summed E-state index contributed by atoms with van der Waals surface area (Å²) in [6.07, 6.45) is 11.8. The Morgan fingerprint density at radius 3 is 1.69 bits per heavy atom. The Kier molecular flexibility index (Phi) is 11.6. The lowest BCUT2D eigenvalue weighted by Gasteiger charge is -2.08. The van der Waals surface area contributed by atoms with Gasteiger partial charge in [0.05, 0.1) is 13.2 Å². The van der Waals surface area contributed by atoms with E-state index in [4.69, 9.17) is 9.47 Å². The molecule has 3 nitrogen and oxygen atoms in total.